The molecule has 0 N–H and O–H groups in total. The van der Waals surface area contributed by atoms with E-state index >= 15 is 0 Å². The molecule has 6 aromatic carbocycles. The summed E-state index contributed by atoms with van der Waals surface area (Å²) in [6.45, 7) is 0. The minimum Gasteiger partial charge on any atom is -0.294 e. The second kappa shape index (κ2) is 8.75. The molecule has 0 unspecified atom stereocenters. The van der Waals surface area contributed by atoms with Crippen molar-refractivity contribution >= 4 is 75.0 Å². The van der Waals surface area contributed by atoms with Gasteiger partial charge in [0, 0.05) is 36.3 Å². The van der Waals surface area contributed by atoms with Crippen LogP contribution in [0.1, 0.15) is 5.56 Å². The summed E-state index contributed by atoms with van der Waals surface area (Å²) in [4.78, 5) is 5.06. The predicted molar refractivity (Wildman–Crippen MR) is 177 cm³/mol. The number of hydrogen-bond acceptors (Lipinski definition) is 3. The van der Waals surface area contributed by atoms with Gasteiger partial charge >= 0.3 is 0 Å². The molecule has 3 aromatic heterocycles. The van der Waals surface area contributed by atoms with E-state index in [0.717, 1.165) is 44.1 Å². The summed E-state index contributed by atoms with van der Waals surface area (Å²) >= 11 is 1.85. The molecule has 3 heterocycles. The van der Waals surface area contributed by atoms with Gasteiger partial charge in [-0.2, -0.15) is 5.26 Å². The van der Waals surface area contributed by atoms with Gasteiger partial charge in [-0.25, -0.2) is 4.98 Å². The van der Waals surface area contributed by atoms with Crippen LogP contribution in [0.4, 0.5) is 0 Å². The van der Waals surface area contributed by atoms with Gasteiger partial charge in [-0.3, -0.25) is 4.57 Å². The van der Waals surface area contributed by atoms with Crippen LogP contribution in [0.25, 0.3) is 80.6 Å². The molecule has 4 heteroatoms. The third kappa shape index (κ3) is 3.23. The van der Waals surface area contributed by atoms with Crippen LogP contribution in [0, 0.1) is 11.3 Å². The Balaban J connectivity index is 1.38. The van der Waals surface area contributed by atoms with Crippen LogP contribution >= 0.6 is 11.3 Å². The third-order valence-electron chi connectivity index (χ3n) is 8.42. The van der Waals surface area contributed by atoms with Crippen LogP contribution in [0.5, 0.6) is 0 Å². The van der Waals surface area contributed by atoms with Crippen LogP contribution in [0.3, 0.4) is 0 Å². The molecule has 0 saturated carbocycles. The summed E-state index contributed by atoms with van der Waals surface area (Å²) in [5.74, 6) is 0.749. The largest absolute Gasteiger partial charge is 0.294 e. The number of thiophene rings is 1. The lowest BCUT2D eigenvalue weighted by Crippen LogP contribution is -1.99. The number of para-hydroxylation sites is 2. The first kappa shape index (κ1) is 23.2. The minimum atomic E-state index is 0.624. The van der Waals surface area contributed by atoms with Gasteiger partial charge in [-0.15, -0.1) is 11.3 Å². The number of fused-ring (bicyclic) bond motifs is 9. The highest BCUT2D eigenvalue weighted by Gasteiger charge is 2.18. The Morgan fingerprint density at radius 1 is 0.595 bits per heavy atom. The number of rotatable bonds is 2. The first-order valence-electron chi connectivity index (χ1n) is 14.0. The molecule has 0 radical (unpaired) electrons. The normalized spacial score (nSPS) is 11.8. The molecule has 0 spiro atoms. The van der Waals surface area contributed by atoms with Crippen LogP contribution < -0.4 is 0 Å². The zero-order valence-electron chi connectivity index (χ0n) is 22.4. The number of aromatic nitrogens is 2. The minimum absolute atomic E-state index is 0.624. The Labute approximate surface area is 245 Å². The third-order valence-corrected chi connectivity index (χ3v) is 9.54. The van der Waals surface area contributed by atoms with Crippen molar-refractivity contribution in [3.8, 4) is 23.0 Å². The van der Waals surface area contributed by atoms with Crippen LogP contribution in [-0.4, -0.2) is 9.55 Å². The highest BCUT2D eigenvalue weighted by Crippen LogP contribution is 2.44. The Bertz CT molecular complexity index is 2600. The van der Waals surface area contributed by atoms with E-state index < -0.39 is 0 Å². The lowest BCUT2D eigenvalue weighted by molar-refractivity contribution is 1.10. The zero-order chi connectivity index (χ0) is 27.8. The van der Waals surface area contributed by atoms with E-state index in [4.69, 9.17) is 4.98 Å². The molecule has 0 fully saturated rings. The van der Waals surface area contributed by atoms with Crippen molar-refractivity contribution in [1.82, 2.24) is 9.55 Å². The van der Waals surface area contributed by atoms with Crippen LogP contribution in [-0.2, 0) is 0 Å². The topological polar surface area (TPSA) is 41.6 Å². The molecule has 0 atom stereocenters. The standard InChI is InChI=1S/C38H21N3S/c39-22-25-21-36(40-31-13-5-3-9-26(25)31)41-32-14-6-4-11-29(32)30-18-16-24(20-33(30)41)28-12-7-15-34-38(28)37-27-10-2-1-8-23(27)17-19-35(37)42-34/h1-21H. The maximum Gasteiger partial charge on any atom is 0.139 e. The highest BCUT2D eigenvalue weighted by molar-refractivity contribution is 7.26. The quantitative estimate of drug-likeness (QED) is 0.214. The van der Waals surface area contributed by atoms with E-state index in [-0.39, 0.29) is 0 Å². The fraction of sp³-hybridized carbons (Fsp3) is 0. The van der Waals surface area contributed by atoms with Crippen molar-refractivity contribution in [3.63, 3.8) is 0 Å². The smallest absolute Gasteiger partial charge is 0.139 e. The molecule has 9 rings (SSSR count). The maximum absolute atomic E-state index is 10.0. The molecule has 0 aliphatic carbocycles. The van der Waals surface area contributed by atoms with Crippen molar-refractivity contribution < 1.29 is 0 Å². The molecule has 0 aliphatic heterocycles. The lowest BCUT2D eigenvalue weighted by Gasteiger charge is -2.11. The Morgan fingerprint density at radius 3 is 2.26 bits per heavy atom. The first-order chi connectivity index (χ1) is 20.8. The maximum atomic E-state index is 10.0. The highest BCUT2D eigenvalue weighted by atomic mass is 32.1. The molecule has 0 saturated heterocycles. The van der Waals surface area contributed by atoms with Crippen LogP contribution in [0.2, 0.25) is 0 Å². The summed E-state index contributed by atoms with van der Waals surface area (Å²) in [6.07, 6.45) is 0. The van der Waals surface area contributed by atoms with Gasteiger partial charge in [0.25, 0.3) is 0 Å². The number of hydrogen-bond donors (Lipinski definition) is 0. The van der Waals surface area contributed by atoms with E-state index in [1.54, 1.807) is 0 Å². The Hall–Kier alpha value is -5.50. The van der Waals surface area contributed by atoms with Gasteiger partial charge in [0.05, 0.1) is 28.2 Å². The van der Waals surface area contributed by atoms with Crippen molar-refractivity contribution in [2.75, 3.05) is 0 Å². The molecule has 42 heavy (non-hydrogen) atoms. The molecule has 0 amide bonds. The fourth-order valence-corrected chi connectivity index (χ4v) is 7.73. The van der Waals surface area contributed by atoms with Gasteiger partial charge in [0.15, 0.2) is 0 Å². The van der Waals surface area contributed by atoms with Gasteiger partial charge in [-0.05, 0) is 58.3 Å². The molecular weight excluding hydrogens is 531 g/mol. The molecule has 194 valence electrons. The Kier molecular flexibility index (Phi) is 4.84. The summed E-state index contributed by atoms with van der Waals surface area (Å²) in [7, 11) is 0. The number of benzene rings is 6. The number of nitrogens with zero attached hydrogens (tertiary/aromatic N) is 3. The van der Waals surface area contributed by atoms with E-state index in [2.05, 4.69) is 108 Å². The predicted octanol–water partition coefficient (Wildman–Crippen LogP) is 10.4. The number of nitriles is 1. The summed E-state index contributed by atoms with van der Waals surface area (Å²) in [5, 5.41) is 18.4. The second-order valence-electron chi connectivity index (χ2n) is 10.7. The molecule has 0 bridgehead atoms. The SMILES string of the molecule is N#Cc1cc(-n2c3ccccc3c3ccc(-c4cccc5sc6ccc7ccccc7c6c45)cc32)nc2ccccc12. The molecular formula is C38H21N3S. The lowest BCUT2D eigenvalue weighted by atomic mass is 9.96. The van der Waals surface area contributed by atoms with Gasteiger partial charge in [-0.1, -0.05) is 91.0 Å². The van der Waals surface area contributed by atoms with Gasteiger partial charge < -0.3 is 0 Å². The van der Waals surface area contributed by atoms with Gasteiger partial charge in [0.1, 0.15) is 5.82 Å². The summed E-state index contributed by atoms with van der Waals surface area (Å²) < 4.78 is 4.80. The average molecular weight is 552 g/mol. The van der Waals surface area contributed by atoms with Crippen molar-refractivity contribution in [2.45, 2.75) is 0 Å². The second-order valence-corrected chi connectivity index (χ2v) is 11.8. The Morgan fingerprint density at radius 2 is 1.36 bits per heavy atom. The summed E-state index contributed by atoms with van der Waals surface area (Å²) in [5.41, 5.74) is 5.96. The zero-order valence-corrected chi connectivity index (χ0v) is 23.2. The first-order valence-corrected chi connectivity index (χ1v) is 14.8. The van der Waals surface area contributed by atoms with Crippen molar-refractivity contribution in [3.05, 3.63) is 133 Å². The molecule has 0 aliphatic rings. The fourth-order valence-electron chi connectivity index (χ4n) is 6.58. The van der Waals surface area contributed by atoms with E-state index in [1.165, 1.54) is 36.5 Å². The molecule has 9 aromatic rings. The monoisotopic (exact) mass is 551 g/mol. The van der Waals surface area contributed by atoms with Crippen molar-refractivity contribution in [1.29, 1.82) is 5.26 Å². The average Bonchev–Trinajstić information content (AvgIpc) is 3.60. The van der Waals surface area contributed by atoms with Gasteiger partial charge in [0.2, 0.25) is 0 Å². The van der Waals surface area contributed by atoms with E-state index in [1.807, 2.05) is 41.7 Å². The number of pyridine rings is 1. The summed E-state index contributed by atoms with van der Waals surface area (Å²) in [6, 6.07) is 47.2. The van der Waals surface area contributed by atoms with E-state index in [9.17, 15) is 5.26 Å². The van der Waals surface area contributed by atoms with Crippen LogP contribution in [0.15, 0.2) is 127 Å². The van der Waals surface area contributed by atoms with E-state index in [0.29, 0.717) is 5.56 Å². The molecule has 3 nitrogen and oxygen atoms in total. The van der Waals surface area contributed by atoms with Crippen molar-refractivity contribution in [2.24, 2.45) is 0 Å².